The molecule has 0 aromatic heterocycles. The summed E-state index contributed by atoms with van der Waals surface area (Å²) in [5, 5.41) is 3.66. The molecule has 0 saturated carbocycles. The molecule has 1 N–H and O–H groups in total. The highest BCUT2D eigenvalue weighted by Crippen LogP contribution is 2.48. The third kappa shape index (κ3) is 2.99. The molecule has 0 saturated heterocycles. The van der Waals surface area contributed by atoms with Crippen LogP contribution in [0.5, 0.6) is 0 Å². The minimum absolute atomic E-state index is 0.189. The maximum absolute atomic E-state index is 13.1. The van der Waals surface area contributed by atoms with Crippen molar-refractivity contribution in [2.24, 2.45) is 0 Å². The van der Waals surface area contributed by atoms with Crippen LogP contribution in [0.3, 0.4) is 0 Å². The van der Waals surface area contributed by atoms with Crippen LogP contribution < -0.4 is 10.2 Å². The molecule has 0 atom stereocenters. The van der Waals surface area contributed by atoms with Crippen molar-refractivity contribution in [3.63, 3.8) is 0 Å². The fourth-order valence-electron chi connectivity index (χ4n) is 2.86. The second-order valence-electron chi connectivity index (χ2n) is 5.76. The van der Waals surface area contributed by atoms with Gasteiger partial charge in [0.25, 0.3) is 0 Å². The second-order valence-corrected chi connectivity index (χ2v) is 7.28. The summed E-state index contributed by atoms with van der Waals surface area (Å²) in [5.74, 6) is 0. The van der Waals surface area contributed by atoms with Crippen molar-refractivity contribution in [3.8, 4) is 0 Å². The highest BCUT2D eigenvalue weighted by molar-refractivity contribution is 7.99. The smallest absolute Gasteiger partial charge is 0.307 e. The van der Waals surface area contributed by atoms with Crippen molar-refractivity contribution in [3.05, 3.63) is 77.3 Å². The molecule has 1 aliphatic rings. The van der Waals surface area contributed by atoms with E-state index in [0.717, 1.165) is 32.4 Å². The van der Waals surface area contributed by atoms with Crippen LogP contribution >= 0.6 is 23.4 Å². The number of rotatable bonds is 1. The SMILES string of the molecule is Cc1cc(Cl)ccc1NC(=O)N1c2ccccc2Sc2ccccc21. The van der Waals surface area contributed by atoms with Gasteiger partial charge in [0, 0.05) is 20.5 Å². The highest BCUT2D eigenvalue weighted by Gasteiger charge is 2.28. The molecule has 0 bridgehead atoms. The Balaban J connectivity index is 1.75. The number of amides is 2. The van der Waals surface area contributed by atoms with E-state index in [2.05, 4.69) is 5.32 Å². The summed E-state index contributed by atoms with van der Waals surface area (Å²) in [6, 6.07) is 21.1. The molecule has 1 heterocycles. The van der Waals surface area contributed by atoms with E-state index in [4.69, 9.17) is 11.6 Å². The minimum Gasteiger partial charge on any atom is -0.307 e. The first-order valence-corrected chi connectivity index (χ1v) is 9.06. The third-order valence-corrected chi connectivity index (χ3v) is 5.43. The number of halogens is 1. The largest absolute Gasteiger partial charge is 0.331 e. The molecule has 3 aromatic carbocycles. The Kier molecular flexibility index (Phi) is 4.15. The van der Waals surface area contributed by atoms with Gasteiger partial charge in [-0.05, 0) is 55.0 Å². The molecule has 124 valence electrons. The average Bonchev–Trinajstić information content (AvgIpc) is 2.62. The zero-order chi connectivity index (χ0) is 17.4. The molecule has 3 nitrogen and oxygen atoms in total. The van der Waals surface area contributed by atoms with Crippen LogP contribution in [0, 0.1) is 6.92 Å². The zero-order valence-corrected chi connectivity index (χ0v) is 15.1. The van der Waals surface area contributed by atoms with Gasteiger partial charge in [-0.15, -0.1) is 0 Å². The van der Waals surface area contributed by atoms with Crippen molar-refractivity contribution in [2.75, 3.05) is 10.2 Å². The van der Waals surface area contributed by atoms with Gasteiger partial charge in [-0.3, -0.25) is 4.90 Å². The molecule has 0 fully saturated rings. The van der Waals surface area contributed by atoms with Gasteiger partial charge in [-0.1, -0.05) is 47.6 Å². The van der Waals surface area contributed by atoms with Crippen molar-refractivity contribution in [2.45, 2.75) is 16.7 Å². The Morgan fingerprint density at radius 1 is 0.960 bits per heavy atom. The summed E-state index contributed by atoms with van der Waals surface area (Å²) >= 11 is 7.69. The number of hydrogen-bond donors (Lipinski definition) is 1. The average molecular weight is 367 g/mol. The second kappa shape index (κ2) is 6.47. The lowest BCUT2D eigenvalue weighted by Gasteiger charge is -2.31. The third-order valence-electron chi connectivity index (χ3n) is 4.07. The van der Waals surface area contributed by atoms with Gasteiger partial charge in [-0.2, -0.15) is 0 Å². The summed E-state index contributed by atoms with van der Waals surface area (Å²) in [5.41, 5.74) is 3.45. The van der Waals surface area contributed by atoms with E-state index in [-0.39, 0.29) is 6.03 Å². The monoisotopic (exact) mass is 366 g/mol. The van der Waals surface area contributed by atoms with Crippen LogP contribution in [0.25, 0.3) is 0 Å². The lowest BCUT2D eigenvalue weighted by molar-refractivity contribution is 0.258. The molecule has 5 heteroatoms. The van der Waals surface area contributed by atoms with Gasteiger partial charge in [-0.25, -0.2) is 4.79 Å². The summed E-state index contributed by atoms with van der Waals surface area (Å²) in [7, 11) is 0. The Bertz CT molecular complexity index is 928. The van der Waals surface area contributed by atoms with Crippen LogP contribution in [0.4, 0.5) is 21.9 Å². The lowest BCUT2D eigenvalue weighted by atomic mass is 10.2. The minimum atomic E-state index is -0.189. The van der Waals surface area contributed by atoms with E-state index in [1.54, 1.807) is 22.7 Å². The number of aryl methyl sites for hydroxylation is 1. The number of benzene rings is 3. The van der Waals surface area contributed by atoms with Crippen LogP contribution in [0.15, 0.2) is 76.5 Å². The number of hydrogen-bond acceptors (Lipinski definition) is 2. The van der Waals surface area contributed by atoms with Crippen LogP contribution in [-0.4, -0.2) is 6.03 Å². The Labute approximate surface area is 155 Å². The molecule has 0 spiro atoms. The Hall–Kier alpha value is -2.43. The van der Waals surface area contributed by atoms with E-state index in [9.17, 15) is 4.79 Å². The van der Waals surface area contributed by atoms with Crippen LogP contribution in [-0.2, 0) is 0 Å². The fraction of sp³-hybridized carbons (Fsp3) is 0.0500. The van der Waals surface area contributed by atoms with E-state index in [1.807, 2.05) is 67.6 Å². The molecule has 2 amide bonds. The van der Waals surface area contributed by atoms with Gasteiger partial charge in [0.15, 0.2) is 0 Å². The number of urea groups is 1. The number of para-hydroxylation sites is 2. The standard InChI is InChI=1S/C20H15ClN2OS/c1-13-12-14(21)10-11-15(13)22-20(24)23-16-6-2-4-8-18(16)25-19-9-5-3-7-17(19)23/h2-12H,1H3,(H,22,24). The maximum Gasteiger partial charge on any atom is 0.331 e. The van der Waals surface area contributed by atoms with E-state index in [1.165, 1.54) is 0 Å². The number of carbonyl (C=O) groups is 1. The maximum atomic E-state index is 13.1. The normalized spacial score (nSPS) is 12.3. The van der Waals surface area contributed by atoms with E-state index >= 15 is 0 Å². The number of fused-ring (bicyclic) bond motifs is 2. The number of anilines is 3. The molecule has 0 radical (unpaired) electrons. The zero-order valence-electron chi connectivity index (χ0n) is 13.5. The Morgan fingerprint density at radius 2 is 1.56 bits per heavy atom. The lowest BCUT2D eigenvalue weighted by Crippen LogP contribution is -2.32. The molecular formula is C20H15ClN2OS. The summed E-state index contributed by atoms with van der Waals surface area (Å²) in [6.07, 6.45) is 0. The first-order chi connectivity index (χ1) is 12.1. The fourth-order valence-corrected chi connectivity index (χ4v) is 4.15. The molecule has 25 heavy (non-hydrogen) atoms. The highest BCUT2D eigenvalue weighted by atomic mass is 35.5. The molecule has 0 aliphatic carbocycles. The van der Waals surface area contributed by atoms with Crippen molar-refractivity contribution >= 4 is 46.5 Å². The summed E-state index contributed by atoms with van der Waals surface area (Å²) < 4.78 is 0. The van der Waals surface area contributed by atoms with Crippen molar-refractivity contribution in [1.82, 2.24) is 0 Å². The van der Waals surface area contributed by atoms with Gasteiger partial charge >= 0.3 is 6.03 Å². The molecule has 4 rings (SSSR count). The van der Waals surface area contributed by atoms with E-state index < -0.39 is 0 Å². The van der Waals surface area contributed by atoms with Gasteiger partial charge in [0.1, 0.15) is 0 Å². The predicted octanol–water partition coefficient (Wildman–Crippen LogP) is 6.48. The molecular weight excluding hydrogens is 352 g/mol. The number of nitrogens with one attached hydrogen (secondary N) is 1. The van der Waals surface area contributed by atoms with Crippen molar-refractivity contribution < 1.29 is 4.79 Å². The molecule has 0 unspecified atom stereocenters. The van der Waals surface area contributed by atoms with Gasteiger partial charge in [0.05, 0.1) is 11.4 Å². The molecule has 3 aromatic rings. The first kappa shape index (κ1) is 16.1. The topological polar surface area (TPSA) is 32.3 Å². The number of carbonyl (C=O) groups excluding carboxylic acids is 1. The number of nitrogens with zero attached hydrogens (tertiary/aromatic N) is 1. The van der Waals surface area contributed by atoms with Crippen LogP contribution in [0.2, 0.25) is 5.02 Å². The van der Waals surface area contributed by atoms with Crippen molar-refractivity contribution in [1.29, 1.82) is 0 Å². The summed E-state index contributed by atoms with van der Waals surface area (Å²) in [4.78, 5) is 17.0. The van der Waals surface area contributed by atoms with E-state index in [0.29, 0.717) is 5.02 Å². The first-order valence-electron chi connectivity index (χ1n) is 7.86. The summed E-state index contributed by atoms with van der Waals surface area (Å²) in [6.45, 7) is 1.93. The predicted molar refractivity (Wildman–Crippen MR) is 104 cm³/mol. The van der Waals surface area contributed by atoms with Crippen LogP contribution in [0.1, 0.15) is 5.56 Å². The quantitative estimate of drug-likeness (QED) is 0.534. The Morgan fingerprint density at radius 3 is 2.16 bits per heavy atom. The molecule has 1 aliphatic heterocycles. The van der Waals surface area contributed by atoms with Gasteiger partial charge < -0.3 is 5.32 Å². The van der Waals surface area contributed by atoms with Gasteiger partial charge in [0.2, 0.25) is 0 Å².